The van der Waals surface area contributed by atoms with Crippen LogP contribution in [0.15, 0.2) is 18.2 Å². The number of ether oxygens (including phenoxy) is 4. The van der Waals surface area contributed by atoms with Crippen molar-refractivity contribution >= 4 is 16.2 Å². The lowest BCUT2D eigenvalue weighted by atomic mass is 10.0. The minimum Gasteiger partial charge on any atom is -0.463 e. The number of carbonyl (C=O) groups excluding carboxylic acids is 1. The summed E-state index contributed by atoms with van der Waals surface area (Å²) in [6.45, 7) is 7.50. The van der Waals surface area contributed by atoms with Crippen LogP contribution < -0.4 is 4.74 Å². The standard InChI is InChI=1S/C22H33NO8S/c1-16(7-5-6-10-27-11-12-29-32(4,25)26)23-14-20(30-21(23)24)17-8-9-19-18(13-17)15-28-22(2,3)31-19/h8-9,13,16,20H,5-7,10-12,14-15H2,1-4H3/t16-,20?/m1/s1. The Morgan fingerprint density at radius 3 is 2.75 bits per heavy atom. The molecule has 1 aromatic carbocycles. The van der Waals surface area contributed by atoms with Gasteiger partial charge in [0.2, 0.25) is 5.79 Å². The van der Waals surface area contributed by atoms with Gasteiger partial charge in [-0.3, -0.25) is 4.18 Å². The lowest BCUT2D eigenvalue weighted by Crippen LogP contribution is -2.35. The summed E-state index contributed by atoms with van der Waals surface area (Å²) < 4.78 is 48.9. The van der Waals surface area contributed by atoms with E-state index in [1.807, 2.05) is 39.0 Å². The van der Waals surface area contributed by atoms with Crippen LogP contribution in [-0.2, 0) is 35.1 Å². The zero-order chi connectivity index (χ0) is 23.4. The maximum absolute atomic E-state index is 12.4. The molecule has 0 radical (unpaired) electrons. The monoisotopic (exact) mass is 471 g/mol. The first-order valence-electron chi connectivity index (χ1n) is 10.9. The Balaban J connectivity index is 1.41. The molecule has 1 aromatic rings. The molecule has 10 heteroatoms. The summed E-state index contributed by atoms with van der Waals surface area (Å²) in [7, 11) is -3.42. The van der Waals surface area contributed by atoms with Crippen LogP contribution in [-0.4, -0.2) is 63.9 Å². The quantitative estimate of drug-likeness (QED) is 0.358. The molecule has 0 aliphatic carbocycles. The lowest BCUT2D eigenvalue weighted by molar-refractivity contribution is -0.180. The van der Waals surface area contributed by atoms with Gasteiger partial charge in [0, 0.05) is 32.1 Å². The van der Waals surface area contributed by atoms with E-state index in [4.69, 9.17) is 18.9 Å². The van der Waals surface area contributed by atoms with E-state index in [-0.39, 0.29) is 31.5 Å². The van der Waals surface area contributed by atoms with Gasteiger partial charge in [-0.25, -0.2) is 4.79 Å². The molecule has 32 heavy (non-hydrogen) atoms. The normalized spacial score (nSPS) is 21.1. The van der Waals surface area contributed by atoms with E-state index >= 15 is 0 Å². The maximum atomic E-state index is 12.4. The van der Waals surface area contributed by atoms with E-state index in [0.717, 1.165) is 42.4 Å². The van der Waals surface area contributed by atoms with E-state index in [9.17, 15) is 13.2 Å². The van der Waals surface area contributed by atoms with Gasteiger partial charge in [0.1, 0.15) is 11.9 Å². The first-order chi connectivity index (χ1) is 15.0. The number of carbonyl (C=O) groups is 1. The number of amides is 1. The Morgan fingerprint density at radius 1 is 1.22 bits per heavy atom. The number of hydrogen-bond acceptors (Lipinski definition) is 8. The third-order valence-corrected chi connectivity index (χ3v) is 6.04. The molecule has 1 amide bonds. The number of unbranched alkanes of at least 4 members (excludes halogenated alkanes) is 1. The fourth-order valence-electron chi connectivity index (χ4n) is 3.72. The van der Waals surface area contributed by atoms with Crippen molar-refractivity contribution in [3.8, 4) is 5.75 Å². The molecule has 2 aliphatic rings. The van der Waals surface area contributed by atoms with Crippen molar-refractivity contribution in [2.75, 3.05) is 32.6 Å². The molecule has 1 saturated heterocycles. The van der Waals surface area contributed by atoms with Crippen LogP contribution in [0.25, 0.3) is 0 Å². The lowest BCUT2D eigenvalue weighted by Gasteiger charge is -2.32. The van der Waals surface area contributed by atoms with Crippen molar-refractivity contribution in [1.29, 1.82) is 0 Å². The van der Waals surface area contributed by atoms with E-state index in [0.29, 0.717) is 19.8 Å². The second-order valence-corrected chi connectivity index (χ2v) is 10.3. The molecular weight excluding hydrogens is 438 g/mol. The molecule has 0 spiro atoms. The maximum Gasteiger partial charge on any atom is 0.410 e. The van der Waals surface area contributed by atoms with Crippen molar-refractivity contribution in [3.63, 3.8) is 0 Å². The smallest absolute Gasteiger partial charge is 0.410 e. The van der Waals surface area contributed by atoms with Crippen molar-refractivity contribution in [2.24, 2.45) is 0 Å². The van der Waals surface area contributed by atoms with Crippen LogP contribution in [0.4, 0.5) is 4.79 Å². The van der Waals surface area contributed by atoms with Gasteiger partial charge in [0.15, 0.2) is 0 Å². The second-order valence-electron chi connectivity index (χ2n) is 8.67. The first-order valence-corrected chi connectivity index (χ1v) is 12.7. The van der Waals surface area contributed by atoms with Gasteiger partial charge in [0.25, 0.3) is 10.1 Å². The summed E-state index contributed by atoms with van der Waals surface area (Å²) in [6.07, 6.45) is 2.91. The van der Waals surface area contributed by atoms with Gasteiger partial charge < -0.3 is 23.8 Å². The summed E-state index contributed by atoms with van der Waals surface area (Å²) in [6, 6.07) is 5.89. The van der Waals surface area contributed by atoms with Gasteiger partial charge in [-0.15, -0.1) is 0 Å². The molecule has 180 valence electrons. The van der Waals surface area contributed by atoms with Crippen LogP contribution in [0.3, 0.4) is 0 Å². The highest BCUT2D eigenvalue weighted by Gasteiger charge is 2.36. The molecule has 0 aromatic heterocycles. The van der Waals surface area contributed by atoms with Crippen molar-refractivity contribution in [3.05, 3.63) is 29.3 Å². The Bertz CT molecular complexity index is 901. The van der Waals surface area contributed by atoms with E-state index in [2.05, 4.69) is 4.18 Å². The first kappa shape index (κ1) is 24.8. The van der Waals surface area contributed by atoms with Crippen LogP contribution in [0.5, 0.6) is 5.75 Å². The molecule has 9 nitrogen and oxygen atoms in total. The van der Waals surface area contributed by atoms with E-state index < -0.39 is 15.9 Å². The Kier molecular flexibility index (Phi) is 8.02. The molecule has 2 heterocycles. The number of rotatable bonds is 11. The number of hydrogen-bond donors (Lipinski definition) is 0. The Labute approximate surface area is 190 Å². The fraction of sp³-hybridized carbons (Fsp3) is 0.682. The highest BCUT2D eigenvalue weighted by Crippen LogP contribution is 2.35. The third kappa shape index (κ3) is 7.06. The number of fused-ring (bicyclic) bond motifs is 1. The predicted molar refractivity (Wildman–Crippen MR) is 117 cm³/mol. The van der Waals surface area contributed by atoms with Gasteiger partial charge in [-0.1, -0.05) is 6.07 Å². The molecular formula is C22H33NO8S. The topological polar surface area (TPSA) is 101 Å². The average Bonchev–Trinajstić information content (AvgIpc) is 3.09. The van der Waals surface area contributed by atoms with Gasteiger partial charge in [0.05, 0.1) is 32.6 Å². The molecule has 2 atom stereocenters. The van der Waals surface area contributed by atoms with Gasteiger partial charge in [-0.05, 0) is 43.9 Å². The molecule has 0 saturated carbocycles. The van der Waals surface area contributed by atoms with Crippen molar-refractivity contribution in [1.82, 2.24) is 4.90 Å². The SMILES string of the molecule is C[C@H](CCCCOCCOS(C)(=O)=O)N1CC(c2ccc3c(c2)COC(C)(C)O3)OC1=O. The minimum absolute atomic E-state index is 0.0228. The third-order valence-electron chi connectivity index (χ3n) is 5.45. The molecule has 3 rings (SSSR count). The van der Waals surface area contributed by atoms with Gasteiger partial charge >= 0.3 is 6.09 Å². The summed E-state index contributed by atoms with van der Waals surface area (Å²) >= 11 is 0. The second kappa shape index (κ2) is 10.4. The van der Waals surface area contributed by atoms with Crippen molar-refractivity contribution in [2.45, 2.75) is 64.6 Å². The molecule has 1 fully saturated rings. The summed E-state index contributed by atoms with van der Waals surface area (Å²) in [4.78, 5) is 14.2. The molecule has 0 N–H and O–H groups in total. The highest BCUT2D eigenvalue weighted by atomic mass is 32.2. The van der Waals surface area contributed by atoms with Crippen LogP contribution in [0, 0.1) is 0 Å². The van der Waals surface area contributed by atoms with E-state index in [1.54, 1.807) is 4.90 Å². The number of benzene rings is 1. The zero-order valence-corrected chi connectivity index (χ0v) is 20.0. The van der Waals surface area contributed by atoms with Crippen LogP contribution >= 0.6 is 0 Å². The zero-order valence-electron chi connectivity index (χ0n) is 19.2. The summed E-state index contributed by atoms with van der Waals surface area (Å²) in [5.41, 5.74) is 1.88. The molecule has 0 bridgehead atoms. The van der Waals surface area contributed by atoms with Gasteiger partial charge in [-0.2, -0.15) is 8.42 Å². The number of cyclic esters (lactones) is 1. The highest BCUT2D eigenvalue weighted by molar-refractivity contribution is 7.85. The molecule has 1 unspecified atom stereocenters. The summed E-state index contributed by atoms with van der Waals surface area (Å²) in [5.74, 6) is 0.153. The van der Waals surface area contributed by atoms with Crippen molar-refractivity contribution < 1.29 is 36.3 Å². The fourth-order valence-corrected chi connectivity index (χ4v) is 4.09. The predicted octanol–water partition coefficient (Wildman–Crippen LogP) is 3.38. The Hall–Kier alpha value is -1.88. The Morgan fingerprint density at radius 2 is 2.00 bits per heavy atom. The van der Waals surface area contributed by atoms with Crippen LogP contribution in [0.1, 0.15) is 57.3 Å². The average molecular weight is 472 g/mol. The summed E-state index contributed by atoms with van der Waals surface area (Å²) in [5, 5.41) is 0. The number of nitrogens with zero attached hydrogens (tertiary/aromatic N) is 1. The molecule has 2 aliphatic heterocycles. The largest absolute Gasteiger partial charge is 0.463 e. The van der Waals surface area contributed by atoms with Crippen LogP contribution in [0.2, 0.25) is 0 Å². The minimum atomic E-state index is -3.42. The van der Waals surface area contributed by atoms with E-state index in [1.165, 1.54) is 0 Å².